The molecule has 13 rings (SSSR count). The van der Waals surface area contributed by atoms with Crippen LogP contribution in [0.4, 0.5) is 34.1 Å². The number of rotatable bonds is 12. The molecule has 2 nitrogen and oxygen atoms in total. The summed E-state index contributed by atoms with van der Waals surface area (Å²) >= 11 is 0. The highest BCUT2D eigenvalue weighted by Crippen LogP contribution is 2.49. The Kier molecular flexibility index (Phi) is 12.3. The van der Waals surface area contributed by atoms with Crippen molar-refractivity contribution in [1.82, 2.24) is 0 Å². The van der Waals surface area contributed by atoms with Gasteiger partial charge in [-0.3, -0.25) is 0 Å². The number of benzene rings is 13. The van der Waals surface area contributed by atoms with E-state index >= 15 is 0 Å². The Bertz CT molecular complexity index is 3800. The summed E-state index contributed by atoms with van der Waals surface area (Å²) < 4.78 is 0. The second-order valence-electron chi connectivity index (χ2n) is 19.3. The summed E-state index contributed by atoms with van der Waals surface area (Å²) in [4.78, 5) is 4.78. The third kappa shape index (κ3) is 8.99. The quantitative estimate of drug-likeness (QED) is 0.113. The average molecular weight is 969 g/mol. The maximum atomic E-state index is 2.42. The number of anilines is 6. The molecule has 76 heavy (non-hydrogen) atoms. The van der Waals surface area contributed by atoms with Gasteiger partial charge in [0.2, 0.25) is 0 Å². The molecule has 0 aliphatic carbocycles. The summed E-state index contributed by atoms with van der Waals surface area (Å²) in [5.74, 6) is 0. The Balaban J connectivity index is 1.06. The van der Waals surface area contributed by atoms with E-state index in [1.807, 2.05) is 0 Å². The van der Waals surface area contributed by atoms with E-state index in [9.17, 15) is 0 Å². The van der Waals surface area contributed by atoms with E-state index < -0.39 is 0 Å². The molecule has 0 radical (unpaired) electrons. The van der Waals surface area contributed by atoms with Crippen molar-refractivity contribution >= 4 is 55.7 Å². The highest BCUT2D eigenvalue weighted by molar-refractivity contribution is 6.23. The molecule has 0 aliphatic rings. The second kappa shape index (κ2) is 20.5. The van der Waals surface area contributed by atoms with Crippen molar-refractivity contribution in [2.75, 3.05) is 9.80 Å². The fourth-order valence-electron chi connectivity index (χ4n) is 10.9. The normalized spacial score (nSPS) is 11.2. The Morgan fingerprint density at radius 1 is 0.145 bits per heavy atom. The topological polar surface area (TPSA) is 6.48 Å². The molecule has 0 bridgehead atoms. The maximum Gasteiger partial charge on any atom is 0.0468 e. The number of para-hydroxylation sites is 2. The lowest BCUT2D eigenvalue weighted by molar-refractivity contribution is 1.29. The summed E-state index contributed by atoms with van der Waals surface area (Å²) in [6, 6.07) is 115. The standard InChI is InChI=1S/C74H52N2/c1-7-19-53(20-8-1)57-31-35-61(36-32-57)73-69-49-47-68(76(64-29-17-6-18-30-64)66-45-41-60(42-46-66)56-25-13-4-14-26-56)52-72(69)74(62-37-33-58(34-38-62)54-21-9-2-10-22-54)70-50-48-67(51-71(70)73)75(63-27-15-5-16-28-63)65-43-39-59(40-44-65)55-23-11-3-12-24-55/h1-52H. The zero-order chi connectivity index (χ0) is 50.6. The summed E-state index contributed by atoms with van der Waals surface area (Å²) in [6.07, 6.45) is 0. The van der Waals surface area contributed by atoms with Crippen molar-refractivity contribution in [2.24, 2.45) is 0 Å². The Morgan fingerprint density at radius 3 is 0.645 bits per heavy atom. The van der Waals surface area contributed by atoms with Gasteiger partial charge in [-0.15, -0.1) is 0 Å². The van der Waals surface area contributed by atoms with Gasteiger partial charge < -0.3 is 9.80 Å². The molecule has 13 aromatic rings. The monoisotopic (exact) mass is 968 g/mol. The molecule has 0 saturated carbocycles. The molecule has 0 atom stereocenters. The Hall–Kier alpha value is -10.0. The predicted molar refractivity (Wildman–Crippen MR) is 323 cm³/mol. The third-order valence-electron chi connectivity index (χ3n) is 14.7. The molecule has 2 heteroatoms. The van der Waals surface area contributed by atoms with Gasteiger partial charge in [-0.1, -0.05) is 243 Å². The van der Waals surface area contributed by atoms with E-state index in [4.69, 9.17) is 0 Å². The largest absolute Gasteiger partial charge is 0.310 e. The van der Waals surface area contributed by atoms with Gasteiger partial charge in [0.1, 0.15) is 0 Å². The molecule has 13 aromatic carbocycles. The van der Waals surface area contributed by atoms with Crippen LogP contribution in [0, 0.1) is 0 Å². The van der Waals surface area contributed by atoms with Crippen LogP contribution in [-0.2, 0) is 0 Å². The number of nitrogens with zero attached hydrogens (tertiary/aromatic N) is 2. The number of hydrogen-bond acceptors (Lipinski definition) is 2. The van der Waals surface area contributed by atoms with Crippen molar-refractivity contribution in [2.45, 2.75) is 0 Å². The Morgan fingerprint density at radius 2 is 0.355 bits per heavy atom. The van der Waals surface area contributed by atoms with Gasteiger partial charge in [0, 0.05) is 34.1 Å². The molecule has 0 N–H and O–H groups in total. The maximum absolute atomic E-state index is 2.42. The van der Waals surface area contributed by atoms with Gasteiger partial charge in [0.15, 0.2) is 0 Å². The predicted octanol–water partition coefficient (Wildman–Crippen LogP) is 20.9. The zero-order valence-corrected chi connectivity index (χ0v) is 41.9. The lowest BCUT2D eigenvalue weighted by Crippen LogP contribution is -2.10. The summed E-state index contributed by atoms with van der Waals surface area (Å²) in [7, 11) is 0. The summed E-state index contributed by atoms with van der Waals surface area (Å²) in [5, 5.41) is 4.69. The van der Waals surface area contributed by atoms with E-state index in [1.165, 1.54) is 77.2 Å². The van der Waals surface area contributed by atoms with Gasteiger partial charge in [0.25, 0.3) is 0 Å². The SMILES string of the molecule is c1ccc(-c2ccc(-c3c4ccc(N(c5ccccc5)c5ccc(-c6ccccc6)cc5)cc4c(-c4ccc(-c5ccccc5)cc4)c4ccc(N(c5ccccc5)c5ccc(-c6ccccc6)cc5)cc34)cc2)cc1. The molecule has 0 heterocycles. The molecule has 0 unspecified atom stereocenters. The minimum absolute atomic E-state index is 1.07. The van der Waals surface area contributed by atoms with Crippen LogP contribution in [0.3, 0.4) is 0 Å². The fourth-order valence-corrected chi connectivity index (χ4v) is 10.9. The first kappa shape index (κ1) is 45.8. The van der Waals surface area contributed by atoms with Gasteiger partial charge in [-0.2, -0.15) is 0 Å². The smallest absolute Gasteiger partial charge is 0.0468 e. The van der Waals surface area contributed by atoms with E-state index in [0.717, 1.165) is 45.3 Å². The van der Waals surface area contributed by atoms with E-state index in [2.05, 4.69) is 325 Å². The molecule has 0 amide bonds. The Labute approximate surface area is 445 Å². The van der Waals surface area contributed by atoms with Gasteiger partial charge >= 0.3 is 0 Å². The summed E-state index contributed by atoms with van der Waals surface area (Å²) in [6.45, 7) is 0. The minimum atomic E-state index is 1.07. The molecule has 0 saturated heterocycles. The van der Waals surface area contributed by atoms with Gasteiger partial charge in [-0.25, -0.2) is 0 Å². The molecular formula is C74H52N2. The fraction of sp³-hybridized carbons (Fsp3) is 0. The molecular weight excluding hydrogens is 917 g/mol. The second-order valence-corrected chi connectivity index (χ2v) is 19.3. The highest BCUT2D eigenvalue weighted by Gasteiger charge is 2.23. The van der Waals surface area contributed by atoms with Crippen LogP contribution in [0.1, 0.15) is 0 Å². The van der Waals surface area contributed by atoms with E-state index in [-0.39, 0.29) is 0 Å². The van der Waals surface area contributed by atoms with Crippen molar-refractivity contribution in [3.8, 4) is 66.8 Å². The van der Waals surface area contributed by atoms with Crippen molar-refractivity contribution in [1.29, 1.82) is 0 Å². The van der Waals surface area contributed by atoms with Crippen molar-refractivity contribution < 1.29 is 0 Å². The van der Waals surface area contributed by atoms with Crippen molar-refractivity contribution in [3.63, 3.8) is 0 Å². The molecule has 0 spiro atoms. The van der Waals surface area contributed by atoms with Crippen LogP contribution in [0.15, 0.2) is 315 Å². The first-order chi connectivity index (χ1) is 37.7. The van der Waals surface area contributed by atoms with Crippen LogP contribution < -0.4 is 9.80 Å². The van der Waals surface area contributed by atoms with E-state index in [0.29, 0.717) is 0 Å². The molecule has 0 aromatic heterocycles. The van der Waals surface area contributed by atoms with Crippen molar-refractivity contribution in [3.05, 3.63) is 315 Å². The van der Waals surface area contributed by atoms with E-state index in [1.54, 1.807) is 0 Å². The highest BCUT2D eigenvalue weighted by atomic mass is 15.1. The number of hydrogen-bond donors (Lipinski definition) is 0. The average Bonchev–Trinajstić information content (AvgIpc) is 3.55. The molecule has 0 fully saturated rings. The summed E-state index contributed by atoms with van der Waals surface area (Å²) in [5.41, 5.74) is 20.7. The lowest BCUT2D eigenvalue weighted by Gasteiger charge is -2.28. The molecule has 358 valence electrons. The van der Waals surface area contributed by atoms with Gasteiger partial charge in [-0.05, 0) is 161 Å². The third-order valence-corrected chi connectivity index (χ3v) is 14.7. The van der Waals surface area contributed by atoms with Gasteiger partial charge in [0.05, 0.1) is 0 Å². The van der Waals surface area contributed by atoms with Crippen LogP contribution in [0.5, 0.6) is 0 Å². The van der Waals surface area contributed by atoms with Crippen LogP contribution in [-0.4, -0.2) is 0 Å². The zero-order valence-electron chi connectivity index (χ0n) is 41.9. The van der Waals surface area contributed by atoms with Crippen LogP contribution in [0.25, 0.3) is 88.3 Å². The van der Waals surface area contributed by atoms with Crippen LogP contribution in [0.2, 0.25) is 0 Å². The number of fused-ring (bicyclic) bond motifs is 2. The first-order valence-corrected chi connectivity index (χ1v) is 26.1. The first-order valence-electron chi connectivity index (χ1n) is 26.1. The lowest BCUT2D eigenvalue weighted by atomic mass is 9.84. The minimum Gasteiger partial charge on any atom is -0.310 e. The van der Waals surface area contributed by atoms with Crippen LogP contribution >= 0.6 is 0 Å². The molecule has 0 aliphatic heterocycles.